The van der Waals surface area contributed by atoms with Crippen molar-refractivity contribution in [3.05, 3.63) is 71.7 Å². The largest absolute Gasteiger partial charge is 0.496 e. The van der Waals surface area contributed by atoms with E-state index < -0.39 is 0 Å². The summed E-state index contributed by atoms with van der Waals surface area (Å²) in [6, 6.07) is 15.5. The number of aryl methyl sites for hydroxylation is 3. The Morgan fingerprint density at radius 1 is 1.13 bits per heavy atom. The molecule has 31 heavy (non-hydrogen) atoms. The Morgan fingerprint density at radius 3 is 2.71 bits per heavy atom. The van der Waals surface area contributed by atoms with Gasteiger partial charge in [-0.15, -0.1) is 0 Å². The number of benzene rings is 1. The number of methoxy groups -OCH3 is 1. The van der Waals surface area contributed by atoms with Crippen LogP contribution in [0.5, 0.6) is 5.75 Å². The molecule has 0 bridgehead atoms. The third-order valence-electron chi connectivity index (χ3n) is 5.13. The van der Waals surface area contributed by atoms with Crippen molar-refractivity contribution in [2.45, 2.75) is 33.4 Å². The van der Waals surface area contributed by atoms with Gasteiger partial charge in [-0.1, -0.05) is 18.2 Å². The number of carbonyl (C=O) groups excluding carboxylic acids is 1. The minimum Gasteiger partial charge on any atom is -0.496 e. The first-order valence-electron chi connectivity index (χ1n) is 10.2. The first kappa shape index (κ1) is 20.5. The normalized spacial score (nSPS) is 10.9. The second-order valence-corrected chi connectivity index (χ2v) is 7.40. The molecule has 0 radical (unpaired) electrons. The number of aromatic nitrogens is 4. The van der Waals surface area contributed by atoms with E-state index in [-0.39, 0.29) is 5.91 Å². The zero-order chi connectivity index (χ0) is 21.8. The van der Waals surface area contributed by atoms with E-state index in [1.54, 1.807) is 13.3 Å². The Kier molecular flexibility index (Phi) is 5.93. The first-order chi connectivity index (χ1) is 15.1. The zero-order valence-electron chi connectivity index (χ0n) is 17.9. The molecule has 3 heterocycles. The average Bonchev–Trinajstić information content (AvgIpc) is 3.15. The SMILES string of the molecule is COc1ccccc1-c1nn(CCC(=O)NCc2ccccn2)c2nc(C)cc(C)c12. The van der Waals surface area contributed by atoms with Crippen LogP contribution < -0.4 is 10.1 Å². The van der Waals surface area contributed by atoms with Crippen molar-refractivity contribution in [1.29, 1.82) is 0 Å². The van der Waals surface area contributed by atoms with Gasteiger partial charge in [0, 0.05) is 23.9 Å². The summed E-state index contributed by atoms with van der Waals surface area (Å²) in [5.41, 5.74) is 5.32. The van der Waals surface area contributed by atoms with Gasteiger partial charge in [0.2, 0.25) is 5.91 Å². The van der Waals surface area contributed by atoms with Gasteiger partial charge in [0.05, 0.1) is 31.3 Å². The third-order valence-corrected chi connectivity index (χ3v) is 5.13. The monoisotopic (exact) mass is 415 g/mol. The molecule has 0 aliphatic rings. The highest BCUT2D eigenvalue weighted by Gasteiger charge is 2.19. The van der Waals surface area contributed by atoms with E-state index in [9.17, 15) is 4.79 Å². The lowest BCUT2D eigenvalue weighted by atomic mass is 10.0. The Morgan fingerprint density at radius 2 is 1.94 bits per heavy atom. The van der Waals surface area contributed by atoms with Crippen LogP contribution in [0.1, 0.15) is 23.4 Å². The molecule has 1 aromatic carbocycles. The molecule has 0 fully saturated rings. The number of amides is 1. The number of pyridine rings is 2. The molecule has 4 rings (SSSR count). The highest BCUT2D eigenvalue weighted by molar-refractivity contribution is 5.95. The summed E-state index contributed by atoms with van der Waals surface area (Å²) in [5.74, 6) is 0.694. The molecule has 4 aromatic rings. The minimum absolute atomic E-state index is 0.0579. The standard InChI is InChI=1S/C24H25N5O2/c1-16-14-17(2)27-24-22(16)23(19-9-4-5-10-20(19)31-3)28-29(24)13-11-21(30)26-15-18-8-6-7-12-25-18/h4-10,12,14H,11,13,15H2,1-3H3,(H,26,30). The predicted molar refractivity (Wildman–Crippen MR) is 120 cm³/mol. The van der Waals surface area contributed by atoms with E-state index in [1.165, 1.54) is 0 Å². The minimum atomic E-state index is -0.0579. The molecule has 0 saturated carbocycles. The van der Waals surface area contributed by atoms with Gasteiger partial charge in [0.25, 0.3) is 0 Å². The number of ether oxygens (including phenoxy) is 1. The van der Waals surface area contributed by atoms with Crippen molar-refractivity contribution in [1.82, 2.24) is 25.1 Å². The van der Waals surface area contributed by atoms with Crippen molar-refractivity contribution in [2.24, 2.45) is 0 Å². The van der Waals surface area contributed by atoms with Crippen LogP contribution in [0.2, 0.25) is 0 Å². The number of carbonyl (C=O) groups is 1. The summed E-state index contributed by atoms with van der Waals surface area (Å²) in [6.07, 6.45) is 2.01. The van der Waals surface area contributed by atoms with Gasteiger partial charge >= 0.3 is 0 Å². The van der Waals surface area contributed by atoms with Gasteiger partial charge < -0.3 is 10.1 Å². The fourth-order valence-corrected chi connectivity index (χ4v) is 3.69. The van der Waals surface area contributed by atoms with Gasteiger partial charge in [0.1, 0.15) is 11.4 Å². The second-order valence-electron chi connectivity index (χ2n) is 7.40. The summed E-state index contributed by atoms with van der Waals surface area (Å²) < 4.78 is 7.37. The second kappa shape index (κ2) is 8.95. The average molecular weight is 415 g/mol. The summed E-state index contributed by atoms with van der Waals surface area (Å²) >= 11 is 0. The highest BCUT2D eigenvalue weighted by atomic mass is 16.5. The molecule has 1 N–H and O–H groups in total. The molecule has 1 amide bonds. The van der Waals surface area contributed by atoms with E-state index in [4.69, 9.17) is 14.8 Å². The maximum Gasteiger partial charge on any atom is 0.222 e. The Labute approximate surface area is 181 Å². The highest BCUT2D eigenvalue weighted by Crippen LogP contribution is 2.35. The first-order valence-corrected chi connectivity index (χ1v) is 10.2. The molecule has 0 atom stereocenters. The van der Waals surface area contributed by atoms with Crippen molar-refractivity contribution < 1.29 is 9.53 Å². The lowest BCUT2D eigenvalue weighted by Gasteiger charge is -2.06. The van der Waals surface area contributed by atoms with Crippen LogP contribution in [0.4, 0.5) is 0 Å². The van der Waals surface area contributed by atoms with Crippen LogP contribution in [0.25, 0.3) is 22.3 Å². The molecule has 0 aliphatic carbocycles. The van der Waals surface area contributed by atoms with Crippen LogP contribution in [0.3, 0.4) is 0 Å². The number of hydrogen-bond donors (Lipinski definition) is 1. The number of nitrogens with one attached hydrogen (secondary N) is 1. The quantitative estimate of drug-likeness (QED) is 0.496. The Hall–Kier alpha value is -3.74. The van der Waals surface area contributed by atoms with Crippen LogP contribution in [-0.2, 0) is 17.9 Å². The van der Waals surface area contributed by atoms with E-state index >= 15 is 0 Å². The van der Waals surface area contributed by atoms with Crippen molar-refractivity contribution in [2.75, 3.05) is 7.11 Å². The lowest BCUT2D eigenvalue weighted by Crippen LogP contribution is -2.24. The number of hydrogen-bond acceptors (Lipinski definition) is 5. The Bertz CT molecular complexity index is 1220. The molecule has 158 valence electrons. The lowest BCUT2D eigenvalue weighted by molar-refractivity contribution is -0.121. The fourth-order valence-electron chi connectivity index (χ4n) is 3.69. The molecular formula is C24H25N5O2. The molecule has 0 aliphatic heterocycles. The van der Waals surface area contributed by atoms with E-state index in [2.05, 4.69) is 17.2 Å². The number of fused-ring (bicyclic) bond motifs is 1. The van der Waals surface area contributed by atoms with Crippen molar-refractivity contribution in [3.63, 3.8) is 0 Å². The van der Waals surface area contributed by atoms with Gasteiger partial charge in [-0.2, -0.15) is 5.10 Å². The van der Waals surface area contributed by atoms with Gasteiger partial charge in [0.15, 0.2) is 5.65 Å². The number of nitrogens with zero attached hydrogens (tertiary/aromatic N) is 4. The molecule has 0 saturated heterocycles. The molecule has 7 nitrogen and oxygen atoms in total. The van der Waals surface area contributed by atoms with Crippen molar-refractivity contribution >= 4 is 16.9 Å². The topological polar surface area (TPSA) is 81.9 Å². The molecular weight excluding hydrogens is 390 g/mol. The smallest absolute Gasteiger partial charge is 0.222 e. The van der Waals surface area contributed by atoms with E-state index in [1.807, 2.05) is 60.1 Å². The fraction of sp³-hybridized carbons (Fsp3) is 0.250. The summed E-state index contributed by atoms with van der Waals surface area (Å²) in [6.45, 7) is 4.85. The van der Waals surface area contributed by atoms with Crippen LogP contribution in [-0.4, -0.2) is 32.8 Å². The molecule has 0 spiro atoms. The van der Waals surface area contributed by atoms with E-state index in [0.29, 0.717) is 19.5 Å². The molecule has 7 heteroatoms. The van der Waals surface area contributed by atoms with Gasteiger partial charge in [-0.05, 0) is 49.7 Å². The van der Waals surface area contributed by atoms with Crippen LogP contribution in [0, 0.1) is 13.8 Å². The molecule has 0 unspecified atom stereocenters. The van der Waals surface area contributed by atoms with Crippen LogP contribution in [0.15, 0.2) is 54.7 Å². The molecule has 3 aromatic heterocycles. The van der Waals surface area contributed by atoms with Crippen LogP contribution >= 0.6 is 0 Å². The number of para-hydroxylation sites is 1. The Balaban J connectivity index is 1.61. The van der Waals surface area contributed by atoms with Gasteiger partial charge in [-0.3, -0.25) is 9.78 Å². The predicted octanol–water partition coefficient (Wildman–Crippen LogP) is 3.83. The maximum atomic E-state index is 12.4. The van der Waals surface area contributed by atoms with Gasteiger partial charge in [-0.25, -0.2) is 9.67 Å². The third kappa shape index (κ3) is 4.40. The summed E-state index contributed by atoms with van der Waals surface area (Å²) in [4.78, 5) is 21.4. The number of rotatable bonds is 7. The maximum absolute atomic E-state index is 12.4. The summed E-state index contributed by atoms with van der Waals surface area (Å²) in [5, 5.41) is 8.73. The van der Waals surface area contributed by atoms with E-state index in [0.717, 1.165) is 45.0 Å². The summed E-state index contributed by atoms with van der Waals surface area (Å²) in [7, 11) is 1.65. The zero-order valence-corrected chi connectivity index (χ0v) is 17.9. The van der Waals surface area contributed by atoms with Crippen molar-refractivity contribution in [3.8, 4) is 17.0 Å².